The van der Waals surface area contributed by atoms with Crippen LogP contribution in [0.5, 0.6) is 11.5 Å². The molecule has 0 spiro atoms. The smallest absolute Gasteiger partial charge is 0.252 e. The Morgan fingerprint density at radius 3 is 2.59 bits per heavy atom. The molecule has 2 aromatic rings. The van der Waals surface area contributed by atoms with E-state index in [1.165, 1.54) is 7.11 Å². The number of hydrogen-bond donors (Lipinski definition) is 3. The summed E-state index contributed by atoms with van der Waals surface area (Å²) in [5.41, 5.74) is 3.96. The minimum atomic E-state index is -0.839. The number of ether oxygens (including phenoxy) is 2. The van der Waals surface area contributed by atoms with Crippen LogP contribution in [0.3, 0.4) is 0 Å². The van der Waals surface area contributed by atoms with Crippen molar-refractivity contribution in [2.75, 3.05) is 19.5 Å². The summed E-state index contributed by atoms with van der Waals surface area (Å²) in [6.07, 6.45) is 1.44. The Morgan fingerprint density at radius 2 is 1.83 bits per heavy atom. The first kappa shape index (κ1) is 19.9. The average molecular weight is 395 g/mol. The largest absolute Gasteiger partial charge is 0.496 e. The Hall–Kier alpha value is -3.88. The monoisotopic (exact) mass is 395 g/mol. The third-order valence-corrected chi connectivity index (χ3v) is 4.10. The van der Waals surface area contributed by atoms with Gasteiger partial charge >= 0.3 is 0 Å². The van der Waals surface area contributed by atoms with E-state index in [9.17, 15) is 9.59 Å². The molecule has 0 radical (unpaired) electrons. The summed E-state index contributed by atoms with van der Waals surface area (Å²) in [6, 6.07) is 13.5. The number of aliphatic imine (C=N–C) groups is 1. The number of guanidine groups is 1. The second-order valence-corrected chi connectivity index (χ2v) is 6.05. The van der Waals surface area contributed by atoms with Crippen LogP contribution in [0, 0.1) is 0 Å². The van der Waals surface area contributed by atoms with Gasteiger partial charge in [-0.15, -0.1) is 0 Å². The molecular weight excluding hydrogens is 374 g/mol. The van der Waals surface area contributed by atoms with E-state index in [-0.39, 0.29) is 24.2 Å². The van der Waals surface area contributed by atoms with Crippen LogP contribution in [0.1, 0.15) is 12.0 Å². The van der Waals surface area contributed by atoms with Crippen LogP contribution in [0.15, 0.2) is 58.6 Å². The zero-order valence-electron chi connectivity index (χ0n) is 16.0. The number of carbonyl (C=O) groups is 2. The van der Waals surface area contributed by atoms with E-state index < -0.39 is 6.04 Å². The third-order valence-electron chi connectivity index (χ3n) is 4.10. The molecule has 0 aliphatic carbocycles. The van der Waals surface area contributed by atoms with Crippen molar-refractivity contribution in [3.05, 3.63) is 54.1 Å². The summed E-state index contributed by atoms with van der Waals surface area (Å²) in [4.78, 5) is 28.5. The molecule has 1 atom stereocenters. The Labute approximate surface area is 167 Å². The molecule has 1 aliphatic rings. The van der Waals surface area contributed by atoms with Gasteiger partial charge in [0.2, 0.25) is 11.9 Å². The van der Waals surface area contributed by atoms with Crippen molar-refractivity contribution in [1.82, 2.24) is 10.7 Å². The molecule has 1 unspecified atom stereocenters. The van der Waals surface area contributed by atoms with Gasteiger partial charge in [-0.05, 0) is 24.3 Å². The van der Waals surface area contributed by atoms with E-state index in [0.717, 1.165) is 5.56 Å². The number of anilines is 1. The van der Waals surface area contributed by atoms with Crippen molar-refractivity contribution in [1.29, 1.82) is 0 Å². The maximum atomic E-state index is 12.3. The van der Waals surface area contributed by atoms with Crippen molar-refractivity contribution in [3.63, 3.8) is 0 Å². The molecule has 3 N–H and O–H groups in total. The summed E-state index contributed by atoms with van der Waals surface area (Å²) in [7, 11) is 3.09. The summed E-state index contributed by atoms with van der Waals surface area (Å²) < 4.78 is 10.4. The highest BCUT2D eigenvalue weighted by molar-refractivity contribution is 6.07. The van der Waals surface area contributed by atoms with Gasteiger partial charge in [-0.25, -0.2) is 10.4 Å². The van der Waals surface area contributed by atoms with Gasteiger partial charge in [0.05, 0.1) is 32.5 Å². The highest BCUT2D eigenvalue weighted by Gasteiger charge is 2.28. The quantitative estimate of drug-likeness (QED) is 0.486. The van der Waals surface area contributed by atoms with E-state index in [4.69, 9.17) is 9.47 Å². The van der Waals surface area contributed by atoms with Crippen LogP contribution in [-0.2, 0) is 9.59 Å². The van der Waals surface area contributed by atoms with Crippen LogP contribution in [0.25, 0.3) is 0 Å². The van der Waals surface area contributed by atoms with Gasteiger partial charge in [0, 0.05) is 5.56 Å². The second-order valence-electron chi connectivity index (χ2n) is 6.05. The maximum Gasteiger partial charge on any atom is 0.252 e. The van der Waals surface area contributed by atoms with E-state index in [1.54, 1.807) is 37.6 Å². The third kappa shape index (κ3) is 5.10. The first-order valence-electron chi connectivity index (χ1n) is 8.84. The molecule has 0 fully saturated rings. The van der Waals surface area contributed by atoms with Gasteiger partial charge < -0.3 is 14.8 Å². The number of amides is 2. The number of hydrogen-bond acceptors (Lipinski definition) is 7. The molecule has 0 saturated heterocycles. The van der Waals surface area contributed by atoms with Crippen LogP contribution in [0.2, 0.25) is 0 Å². The second kappa shape index (κ2) is 9.36. The zero-order chi connectivity index (χ0) is 20.6. The van der Waals surface area contributed by atoms with Crippen molar-refractivity contribution < 1.29 is 19.1 Å². The number of nitrogens with zero attached hydrogens (tertiary/aromatic N) is 2. The first-order valence-corrected chi connectivity index (χ1v) is 8.84. The standard InChI is InChI=1S/C20H21N5O4/c1-28-16-9-5-3-7-13(16)12-21-25-20-23-15(19(27)24-20)11-18(26)22-14-8-4-6-10-17(14)29-2/h3-10,12,15H,11H2,1-2H3,(H,22,26)(H2,23,24,25,27). The number of rotatable bonds is 7. The van der Waals surface area contributed by atoms with Crippen LogP contribution >= 0.6 is 0 Å². The Balaban J connectivity index is 1.58. The highest BCUT2D eigenvalue weighted by atomic mass is 16.5. The minimum Gasteiger partial charge on any atom is -0.496 e. The molecule has 0 aromatic heterocycles. The van der Waals surface area contributed by atoms with Gasteiger partial charge in [0.25, 0.3) is 5.91 Å². The number of carbonyl (C=O) groups excluding carboxylic acids is 2. The molecule has 2 aromatic carbocycles. The SMILES string of the molecule is COc1ccccc1C=NNC1=NC(CC(=O)Nc2ccccc2OC)C(=O)N1. The molecule has 9 nitrogen and oxygen atoms in total. The van der Waals surface area contributed by atoms with Crippen molar-refractivity contribution in [2.24, 2.45) is 10.1 Å². The summed E-state index contributed by atoms with van der Waals surface area (Å²) in [6.45, 7) is 0. The lowest BCUT2D eigenvalue weighted by Crippen LogP contribution is -2.35. The zero-order valence-corrected chi connectivity index (χ0v) is 16.0. The van der Waals surface area contributed by atoms with Gasteiger partial charge in [-0.2, -0.15) is 5.10 Å². The van der Waals surface area contributed by atoms with Crippen molar-refractivity contribution in [2.45, 2.75) is 12.5 Å². The molecule has 1 heterocycles. The molecular formula is C20H21N5O4. The molecule has 0 bridgehead atoms. The van der Waals surface area contributed by atoms with Gasteiger partial charge in [-0.3, -0.25) is 14.9 Å². The van der Waals surface area contributed by atoms with Crippen molar-refractivity contribution in [3.8, 4) is 11.5 Å². The highest BCUT2D eigenvalue weighted by Crippen LogP contribution is 2.23. The van der Waals surface area contributed by atoms with Crippen LogP contribution < -0.4 is 25.5 Å². The molecule has 1 aliphatic heterocycles. The van der Waals surface area contributed by atoms with Gasteiger partial charge in [-0.1, -0.05) is 24.3 Å². The summed E-state index contributed by atoms with van der Waals surface area (Å²) >= 11 is 0. The van der Waals surface area contributed by atoms with Crippen LogP contribution in [-0.4, -0.2) is 44.2 Å². The summed E-state index contributed by atoms with van der Waals surface area (Å²) in [5.74, 6) is 0.651. The fourth-order valence-corrected chi connectivity index (χ4v) is 2.70. The maximum absolute atomic E-state index is 12.3. The molecule has 9 heteroatoms. The molecule has 2 amide bonds. The Morgan fingerprint density at radius 1 is 1.14 bits per heavy atom. The Bertz CT molecular complexity index is 957. The summed E-state index contributed by atoms with van der Waals surface area (Å²) in [5, 5.41) is 9.34. The lowest BCUT2D eigenvalue weighted by atomic mass is 10.2. The molecule has 150 valence electrons. The van der Waals surface area contributed by atoms with E-state index in [2.05, 4.69) is 26.2 Å². The average Bonchev–Trinajstić information content (AvgIpc) is 3.07. The predicted molar refractivity (Wildman–Crippen MR) is 109 cm³/mol. The van der Waals surface area contributed by atoms with E-state index in [1.807, 2.05) is 24.3 Å². The fourth-order valence-electron chi connectivity index (χ4n) is 2.70. The van der Waals surface area contributed by atoms with Crippen molar-refractivity contribution >= 4 is 29.7 Å². The molecule has 3 rings (SSSR count). The number of methoxy groups -OCH3 is 2. The minimum absolute atomic E-state index is 0.106. The molecule has 0 saturated carbocycles. The van der Waals surface area contributed by atoms with Gasteiger partial charge in [0.1, 0.15) is 17.5 Å². The number of para-hydroxylation sites is 3. The fraction of sp³-hybridized carbons (Fsp3) is 0.200. The van der Waals surface area contributed by atoms with E-state index >= 15 is 0 Å². The molecule has 29 heavy (non-hydrogen) atoms. The number of hydrazone groups is 1. The number of benzene rings is 2. The van der Waals surface area contributed by atoms with E-state index in [0.29, 0.717) is 17.2 Å². The normalized spacial score (nSPS) is 15.6. The topological polar surface area (TPSA) is 113 Å². The first-order chi connectivity index (χ1) is 14.1. The van der Waals surface area contributed by atoms with Gasteiger partial charge in [0.15, 0.2) is 0 Å². The lowest BCUT2D eigenvalue weighted by molar-refractivity contribution is -0.123. The van der Waals surface area contributed by atoms with Crippen LogP contribution in [0.4, 0.5) is 5.69 Å². The Kier molecular flexibility index (Phi) is 6.41. The number of nitrogens with one attached hydrogen (secondary N) is 3. The lowest BCUT2D eigenvalue weighted by Gasteiger charge is -2.10. The predicted octanol–water partition coefficient (Wildman–Crippen LogP) is 1.51.